The van der Waals surface area contributed by atoms with Crippen molar-refractivity contribution in [1.29, 1.82) is 0 Å². The molecule has 2 aromatic rings. The van der Waals surface area contributed by atoms with E-state index in [2.05, 4.69) is 22.1 Å². The number of pyridine rings is 1. The van der Waals surface area contributed by atoms with Crippen molar-refractivity contribution in [3.63, 3.8) is 0 Å². The molecule has 5 nitrogen and oxygen atoms in total. The fourth-order valence-electron chi connectivity index (χ4n) is 1.94. The Kier molecular flexibility index (Phi) is 5.59. The number of hydrogen-bond acceptors (Lipinski definition) is 4. The molecule has 0 unspecified atom stereocenters. The topological polar surface area (TPSA) is 54.5 Å². The van der Waals surface area contributed by atoms with E-state index in [1.165, 1.54) is 7.11 Å². The normalized spacial score (nSPS) is 9.52. The predicted molar refractivity (Wildman–Crippen MR) is 90.8 cm³/mol. The minimum Gasteiger partial charge on any atom is -0.480 e. The first kappa shape index (κ1) is 16.4. The number of methoxy groups -OCH3 is 1. The summed E-state index contributed by atoms with van der Waals surface area (Å²) in [6, 6.07) is 11.3. The minimum atomic E-state index is -0.257. The Bertz CT molecular complexity index is 728. The van der Waals surface area contributed by atoms with Crippen LogP contribution in [0.4, 0.5) is 5.69 Å². The molecule has 0 saturated carbocycles. The van der Waals surface area contributed by atoms with Gasteiger partial charge in [0.05, 0.1) is 13.7 Å². The first-order valence-corrected chi connectivity index (χ1v) is 7.15. The summed E-state index contributed by atoms with van der Waals surface area (Å²) >= 11 is 0. The first-order valence-electron chi connectivity index (χ1n) is 7.15. The highest BCUT2D eigenvalue weighted by atomic mass is 16.5. The highest BCUT2D eigenvalue weighted by Crippen LogP contribution is 2.13. The van der Waals surface area contributed by atoms with Gasteiger partial charge in [0.1, 0.15) is 5.56 Å². The Hall–Kier alpha value is -3.00. The van der Waals surface area contributed by atoms with Crippen molar-refractivity contribution in [3.8, 4) is 17.7 Å². The summed E-state index contributed by atoms with van der Waals surface area (Å²) in [6.07, 6.45) is 1.58. The van der Waals surface area contributed by atoms with Gasteiger partial charge in [-0.25, -0.2) is 4.98 Å². The van der Waals surface area contributed by atoms with E-state index < -0.39 is 0 Å². The summed E-state index contributed by atoms with van der Waals surface area (Å²) in [6.45, 7) is 0.256. The molecule has 0 aliphatic carbocycles. The van der Waals surface area contributed by atoms with E-state index in [9.17, 15) is 4.79 Å². The molecule has 0 radical (unpaired) electrons. The van der Waals surface area contributed by atoms with Crippen LogP contribution in [0, 0.1) is 11.8 Å². The van der Waals surface area contributed by atoms with Gasteiger partial charge in [-0.3, -0.25) is 4.79 Å². The predicted octanol–water partition coefficient (Wildman–Crippen LogP) is 1.94. The summed E-state index contributed by atoms with van der Waals surface area (Å²) in [5.41, 5.74) is 2.42. The second kappa shape index (κ2) is 7.85. The van der Waals surface area contributed by atoms with Crippen molar-refractivity contribution in [1.82, 2.24) is 10.3 Å². The lowest BCUT2D eigenvalue weighted by molar-refractivity contribution is 0.0955. The Morgan fingerprint density at radius 1 is 1.26 bits per heavy atom. The maximum Gasteiger partial charge on any atom is 0.257 e. The van der Waals surface area contributed by atoms with Crippen molar-refractivity contribution in [3.05, 3.63) is 53.7 Å². The minimum absolute atomic E-state index is 0.256. The quantitative estimate of drug-likeness (QED) is 0.877. The van der Waals surface area contributed by atoms with Crippen LogP contribution in [0.1, 0.15) is 15.9 Å². The van der Waals surface area contributed by atoms with Gasteiger partial charge in [-0.1, -0.05) is 11.8 Å². The van der Waals surface area contributed by atoms with Crippen LogP contribution in [-0.4, -0.2) is 38.6 Å². The molecule has 0 atom stereocenters. The van der Waals surface area contributed by atoms with Crippen LogP contribution in [0.15, 0.2) is 42.6 Å². The fraction of sp³-hybridized carbons (Fsp3) is 0.222. The molecule has 1 amide bonds. The van der Waals surface area contributed by atoms with E-state index in [1.54, 1.807) is 18.3 Å². The number of rotatable bonds is 4. The summed E-state index contributed by atoms with van der Waals surface area (Å²) in [5, 5.41) is 2.73. The molecule has 0 saturated heterocycles. The van der Waals surface area contributed by atoms with Gasteiger partial charge in [0.2, 0.25) is 5.88 Å². The van der Waals surface area contributed by atoms with Crippen LogP contribution in [0.25, 0.3) is 0 Å². The lowest BCUT2D eigenvalue weighted by Gasteiger charge is -2.11. The lowest BCUT2D eigenvalue weighted by atomic mass is 10.2. The van der Waals surface area contributed by atoms with Gasteiger partial charge in [0.15, 0.2) is 0 Å². The van der Waals surface area contributed by atoms with Crippen LogP contribution in [0.5, 0.6) is 5.88 Å². The van der Waals surface area contributed by atoms with Gasteiger partial charge in [-0.2, -0.15) is 0 Å². The number of carbonyl (C=O) groups is 1. The number of anilines is 1. The largest absolute Gasteiger partial charge is 0.480 e. The average Bonchev–Trinajstić information content (AvgIpc) is 2.58. The molecule has 5 heteroatoms. The Balaban J connectivity index is 1.93. The van der Waals surface area contributed by atoms with Crippen molar-refractivity contribution < 1.29 is 9.53 Å². The molecular formula is C18H19N3O2. The Morgan fingerprint density at radius 2 is 2.00 bits per heavy atom. The van der Waals surface area contributed by atoms with Crippen LogP contribution >= 0.6 is 0 Å². The van der Waals surface area contributed by atoms with E-state index in [0.717, 1.165) is 11.3 Å². The zero-order valence-corrected chi connectivity index (χ0v) is 13.5. The van der Waals surface area contributed by atoms with Crippen molar-refractivity contribution in [2.45, 2.75) is 0 Å². The van der Waals surface area contributed by atoms with Crippen LogP contribution in [-0.2, 0) is 0 Å². The second-order valence-electron chi connectivity index (χ2n) is 4.99. The second-order valence-corrected chi connectivity index (χ2v) is 4.99. The molecule has 0 fully saturated rings. The molecule has 23 heavy (non-hydrogen) atoms. The van der Waals surface area contributed by atoms with Gasteiger partial charge < -0.3 is 15.0 Å². The number of carbonyl (C=O) groups excluding carboxylic acids is 1. The van der Waals surface area contributed by atoms with E-state index in [-0.39, 0.29) is 12.5 Å². The van der Waals surface area contributed by atoms with E-state index in [0.29, 0.717) is 11.4 Å². The summed E-state index contributed by atoms with van der Waals surface area (Å²) in [7, 11) is 5.46. The number of amides is 1. The Labute approximate surface area is 136 Å². The highest BCUT2D eigenvalue weighted by molar-refractivity contribution is 5.96. The molecule has 118 valence electrons. The van der Waals surface area contributed by atoms with Crippen molar-refractivity contribution in [2.24, 2.45) is 0 Å². The van der Waals surface area contributed by atoms with Gasteiger partial charge in [0, 0.05) is 31.5 Å². The first-order chi connectivity index (χ1) is 11.1. The highest BCUT2D eigenvalue weighted by Gasteiger charge is 2.11. The average molecular weight is 309 g/mol. The molecule has 0 bridgehead atoms. The van der Waals surface area contributed by atoms with Gasteiger partial charge >= 0.3 is 0 Å². The summed E-state index contributed by atoms with van der Waals surface area (Å²) in [5.74, 6) is 5.99. The maximum absolute atomic E-state index is 12.1. The number of ether oxygens (including phenoxy) is 1. The molecule has 1 heterocycles. The van der Waals surface area contributed by atoms with E-state index in [4.69, 9.17) is 4.74 Å². The number of aromatic nitrogens is 1. The molecule has 1 aromatic heterocycles. The monoisotopic (exact) mass is 309 g/mol. The lowest BCUT2D eigenvalue weighted by Crippen LogP contribution is -2.24. The molecule has 2 rings (SSSR count). The SMILES string of the molecule is COc1ncccc1C(=O)NCC#Cc1ccc(N(C)C)cc1. The van der Waals surface area contributed by atoms with Crippen LogP contribution in [0.2, 0.25) is 0 Å². The number of benzene rings is 1. The van der Waals surface area contributed by atoms with E-state index >= 15 is 0 Å². The third kappa shape index (κ3) is 4.48. The van der Waals surface area contributed by atoms with Crippen LogP contribution in [0.3, 0.4) is 0 Å². The van der Waals surface area contributed by atoms with Crippen molar-refractivity contribution >= 4 is 11.6 Å². The van der Waals surface area contributed by atoms with Gasteiger partial charge in [-0.05, 0) is 36.4 Å². The molecule has 0 spiro atoms. The van der Waals surface area contributed by atoms with Crippen LogP contribution < -0.4 is 15.0 Å². The molecule has 1 aromatic carbocycles. The zero-order chi connectivity index (χ0) is 16.7. The van der Waals surface area contributed by atoms with Crippen molar-refractivity contribution in [2.75, 3.05) is 32.6 Å². The molecule has 1 N–H and O–H groups in total. The van der Waals surface area contributed by atoms with Gasteiger partial charge in [0.25, 0.3) is 5.91 Å². The maximum atomic E-state index is 12.1. The number of nitrogens with zero attached hydrogens (tertiary/aromatic N) is 2. The Morgan fingerprint density at radius 3 is 2.65 bits per heavy atom. The standard InChI is InChI=1S/C18H19N3O2/c1-21(2)15-10-8-14(9-11-15)6-4-12-19-17(22)16-7-5-13-20-18(16)23-3/h5,7-11,13H,12H2,1-3H3,(H,19,22). The third-order valence-corrected chi connectivity index (χ3v) is 3.16. The number of hydrogen-bond donors (Lipinski definition) is 1. The zero-order valence-electron chi connectivity index (χ0n) is 13.5. The summed E-state index contributed by atoms with van der Waals surface area (Å²) in [4.78, 5) is 18.1. The summed E-state index contributed by atoms with van der Waals surface area (Å²) < 4.78 is 5.06. The molecule has 0 aliphatic rings. The third-order valence-electron chi connectivity index (χ3n) is 3.16. The fourth-order valence-corrected chi connectivity index (χ4v) is 1.94. The number of nitrogens with one attached hydrogen (secondary N) is 1. The smallest absolute Gasteiger partial charge is 0.257 e. The molecule has 0 aliphatic heterocycles. The van der Waals surface area contributed by atoms with Gasteiger partial charge in [-0.15, -0.1) is 0 Å². The molecular weight excluding hydrogens is 290 g/mol. The van der Waals surface area contributed by atoms with E-state index in [1.807, 2.05) is 43.3 Å².